The summed E-state index contributed by atoms with van der Waals surface area (Å²) in [4.78, 5) is 26.7. The largest absolute Gasteiger partial charge is 0.486 e. The number of hydrogen-bond donors (Lipinski definition) is 0. The van der Waals surface area contributed by atoms with Crippen molar-refractivity contribution in [1.82, 2.24) is 0 Å². The number of rotatable bonds is 4. The van der Waals surface area contributed by atoms with Gasteiger partial charge in [0.1, 0.15) is 13.2 Å². The Morgan fingerprint density at radius 3 is 2.72 bits per heavy atom. The van der Waals surface area contributed by atoms with Gasteiger partial charge in [-0.05, 0) is 30.3 Å². The predicted molar refractivity (Wildman–Crippen MR) is 94.0 cm³/mol. The van der Waals surface area contributed by atoms with Gasteiger partial charge in [-0.3, -0.25) is 9.59 Å². The molecule has 25 heavy (non-hydrogen) atoms. The lowest BCUT2D eigenvalue weighted by Crippen LogP contribution is -2.33. The second kappa shape index (κ2) is 6.59. The Balaban J connectivity index is 1.46. The maximum Gasteiger partial charge on any atom is 0.166 e. The first kappa shape index (κ1) is 15.7. The van der Waals surface area contributed by atoms with E-state index in [1.807, 2.05) is 24.3 Å². The highest BCUT2D eigenvalue weighted by molar-refractivity contribution is 6.03. The minimum Gasteiger partial charge on any atom is -0.486 e. The van der Waals surface area contributed by atoms with Gasteiger partial charge in [0.2, 0.25) is 0 Å². The quantitative estimate of drug-likeness (QED) is 0.802. The molecule has 2 heterocycles. The van der Waals surface area contributed by atoms with Gasteiger partial charge >= 0.3 is 0 Å². The van der Waals surface area contributed by atoms with Crippen molar-refractivity contribution in [2.45, 2.75) is 12.8 Å². The molecule has 0 N–H and O–H groups in total. The van der Waals surface area contributed by atoms with E-state index in [0.29, 0.717) is 56.2 Å². The van der Waals surface area contributed by atoms with E-state index < -0.39 is 0 Å². The Morgan fingerprint density at radius 1 is 1.04 bits per heavy atom. The second-order valence-electron chi connectivity index (χ2n) is 6.21. The molecule has 0 aromatic heterocycles. The van der Waals surface area contributed by atoms with Gasteiger partial charge in [-0.15, -0.1) is 0 Å². The molecule has 0 radical (unpaired) electrons. The standard InChI is InChI=1S/C20H19NO4/c22-17(14-5-6-19-20(13-14)25-12-11-24-19)7-9-21-10-8-18(23)15-3-1-2-4-16(15)21/h1-6,13H,7-12H2. The highest BCUT2D eigenvalue weighted by Gasteiger charge is 2.23. The van der Waals surface area contributed by atoms with Crippen molar-refractivity contribution in [2.75, 3.05) is 31.2 Å². The zero-order valence-electron chi connectivity index (χ0n) is 13.9. The zero-order valence-corrected chi connectivity index (χ0v) is 13.9. The summed E-state index contributed by atoms with van der Waals surface area (Å²) in [6.45, 7) is 2.29. The molecule has 5 heteroatoms. The molecule has 0 saturated heterocycles. The number of fused-ring (bicyclic) bond motifs is 2. The molecule has 0 unspecified atom stereocenters. The molecule has 2 aromatic rings. The number of Topliss-reactive ketones (excluding diaryl/α,β-unsaturated/α-hetero) is 2. The molecule has 2 aliphatic heterocycles. The molecule has 128 valence electrons. The number of carbonyl (C=O) groups excluding carboxylic acids is 2. The normalized spacial score (nSPS) is 15.7. The van der Waals surface area contributed by atoms with Gasteiger partial charge in [0.25, 0.3) is 0 Å². The molecule has 0 amide bonds. The molecule has 5 nitrogen and oxygen atoms in total. The van der Waals surface area contributed by atoms with Crippen LogP contribution in [-0.4, -0.2) is 37.9 Å². The van der Waals surface area contributed by atoms with Crippen molar-refractivity contribution in [3.05, 3.63) is 53.6 Å². The van der Waals surface area contributed by atoms with Gasteiger partial charge in [0, 0.05) is 42.7 Å². The number of benzene rings is 2. The van der Waals surface area contributed by atoms with Crippen LogP contribution in [0.25, 0.3) is 0 Å². The smallest absolute Gasteiger partial charge is 0.166 e. The van der Waals surface area contributed by atoms with Gasteiger partial charge in [-0.25, -0.2) is 0 Å². The maximum absolute atomic E-state index is 12.6. The van der Waals surface area contributed by atoms with Crippen LogP contribution in [-0.2, 0) is 0 Å². The van der Waals surface area contributed by atoms with Crippen LogP contribution < -0.4 is 14.4 Å². The Labute approximate surface area is 146 Å². The topological polar surface area (TPSA) is 55.8 Å². The number of anilines is 1. The average molecular weight is 337 g/mol. The summed E-state index contributed by atoms with van der Waals surface area (Å²) in [6.07, 6.45) is 0.886. The van der Waals surface area contributed by atoms with Crippen LogP contribution >= 0.6 is 0 Å². The number of carbonyl (C=O) groups is 2. The summed E-state index contributed by atoms with van der Waals surface area (Å²) in [6, 6.07) is 12.9. The Bertz CT molecular complexity index is 830. The molecule has 4 rings (SSSR count). The lowest BCUT2D eigenvalue weighted by atomic mass is 9.99. The van der Waals surface area contributed by atoms with E-state index in [4.69, 9.17) is 9.47 Å². The minimum absolute atomic E-state index is 0.0614. The molecule has 0 atom stereocenters. The molecule has 2 aromatic carbocycles. The van der Waals surface area contributed by atoms with E-state index in [-0.39, 0.29) is 11.6 Å². The number of nitrogens with zero attached hydrogens (tertiary/aromatic N) is 1. The van der Waals surface area contributed by atoms with Crippen molar-refractivity contribution in [1.29, 1.82) is 0 Å². The van der Waals surface area contributed by atoms with Gasteiger partial charge in [-0.1, -0.05) is 12.1 Å². The first-order chi connectivity index (χ1) is 12.2. The monoisotopic (exact) mass is 337 g/mol. The minimum atomic E-state index is 0.0614. The number of ketones is 2. The van der Waals surface area contributed by atoms with Crippen LogP contribution in [0.4, 0.5) is 5.69 Å². The van der Waals surface area contributed by atoms with Crippen molar-refractivity contribution in [3.63, 3.8) is 0 Å². The first-order valence-corrected chi connectivity index (χ1v) is 8.52. The molecule has 0 fully saturated rings. The van der Waals surface area contributed by atoms with Crippen molar-refractivity contribution < 1.29 is 19.1 Å². The molecule has 0 bridgehead atoms. The lowest BCUT2D eigenvalue weighted by molar-refractivity contribution is 0.0980. The van der Waals surface area contributed by atoms with Gasteiger partial charge in [0.15, 0.2) is 23.1 Å². The van der Waals surface area contributed by atoms with E-state index in [9.17, 15) is 9.59 Å². The molecular formula is C20H19NO4. The predicted octanol–water partition coefficient (Wildman–Crippen LogP) is 3.12. The first-order valence-electron chi connectivity index (χ1n) is 8.52. The summed E-state index contributed by atoms with van der Waals surface area (Å²) < 4.78 is 11.0. The van der Waals surface area contributed by atoms with E-state index in [1.165, 1.54) is 0 Å². The third-order valence-electron chi connectivity index (χ3n) is 4.63. The zero-order chi connectivity index (χ0) is 17.2. The fourth-order valence-electron chi connectivity index (χ4n) is 3.31. The summed E-state index contributed by atoms with van der Waals surface area (Å²) in [5.41, 5.74) is 2.31. The number of hydrogen-bond acceptors (Lipinski definition) is 5. The number of para-hydroxylation sites is 1. The van der Waals surface area contributed by atoms with Crippen LogP contribution in [0.1, 0.15) is 33.6 Å². The SMILES string of the molecule is O=C(CCN1CCC(=O)c2ccccc21)c1ccc2c(c1)OCCO2. The summed E-state index contributed by atoms with van der Waals surface area (Å²) in [5, 5.41) is 0. The summed E-state index contributed by atoms with van der Waals surface area (Å²) in [5.74, 6) is 1.55. The van der Waals surface area contributed by atoms with Crippen LogP contribution in [0.3, 0.4) is 0 Å². The highest BCUT2D eigenvalue weighted by atomic mass is 16.6. The van der Waals surface area contributed by atoms with Crippen molar-refractivity contribution in [3.8, 4) is 11.5 Å². The van der Waals surface area contributed by atoms with E-state index in [0.717, 1.165) is 11.3 Å². The lowest BCUT2D eigenvalue weighted by Gasteiger charge is -2.30. The average Bonchev–Trinajstić information content (AvgIpc) is 2.67. The number of ether oxygens (including phenoxy) is 2. The third-order valence-corrected chi connectivity index (χ3v) is 4.63. The van der Waals surface area contributed by atoms with E-state index in [2.05, 4.69) is 4.90 Å². The molecule has 2 aliphatic rings. The van der Waals surface area contributed by atoms with Crippen LogP contribution in [0.2, 0.25) is 0 Å². The van der Waals surface area contributed by atoms with Crippen LogP contribution in [0, 0.1) is 0 Å². The fourth-order valence-corrected chi connectivity index (χ4v) is 3.31. The summed E-state index contributed by atoms with van der Waals surface area (Å²) in [7, 11) is 0. The van der Waals surface area contributed by atoms with Crippen LogP contribution in [0.15, 0.2) is 42.5 Å². The van der Waals surface area contributed by atoms with Crippen molar-refractivity contribution in [2.24, 2.45) is 0 Å². The maximum atomic E-state index is 12.6. The Hall–Kier alpha value is -2.82. The molecule has 0 aliphatic carbocycles. The van der Waals surface area contributed by atoms with E-state index in [1.54, 1.807) is 18.2 Å². The van der Waals surface area contributed by atoms with Gasteiger partial charge in [0.05, 0.1) is 0 Å². The summed E-state index contributed by atoms with van der Waals surface area (Å²) >= 11 is 0. The van der Waals surface area contributed by atoms with Crippen molar-refractivity contribution >= 4 is 17.3 Å². The van der Waals surface area contributed by atoms with E-state index >= 15 is 0 Å². The second-order valence-corrected chi connectivity index (χ2v) is 6.21. The molecule has 0 spiro atoms. The molecule has 0 saturated carbocycles. The Kier molecular flexibility index (Phi) is 4.14. The van der Waals surface area contributed by atoms with Gasteiger partial charge in [-0.2, -0.15) is 0 Å². The van der Waals surface area contributed by atoms with Crippen LogP contribution in [0.5, 0.6) is 11.5 Å². The Morgan fingerprint density at radius 2 is 1.84 bits per heavy atom. The third kappa shape index (κ3) is 3.09. The van der Waals surface area contributed by atoms with Gasteiger partial charge < -0.3 is 14.4 Å². The highest BCUT2D eigenvalue weighted by Crippen LogP contribution is 2.31. The fraction of sp³-hybridized carbons (Fsp3) is 0.300. The molecular weight excluding hydrogens is 318 g/mol.